The van der Waals surface area contributed by atoms with Crippen molar-refractivity contribution in [2.24, 2.45) is 5.92 Å². The Hall–Kier alpha value is -3.68. The molecule has 1 N–H and O–H groups in total. The highest BCUT2D eigenvalue weighted by atomic mass is 16.5. The summed E-state index contributed by atoms with van der Waals surface area (Å²) < 4.78 is 12.4. The molecule has 2 atom stereocenters. The Morgan fingerprint density at radius 1 is 1.06 bits per heavy atom. The molecule has 1 heterocycles. The number of rotatable bonds is 12. The molecule has 2 aromatic carbocycles. The number of aliphatic hydroxyl groups is 1. The zero-order valence-electron chi connectivity index (χ0n) is 21.0. The monoisotopic (exact) mass is 490 g/mol. The molecule has 3 rings (SSSR count). The van der Waals surface area contributed by atoms with Crippen LogP contribution in [0, 0.1) is 5.92 Å². The molecule has 36 heavy (non-hydrogen) atoms. The third-order valence-electron chi connectivity index (χ3n) is 6.03. The van der Waals surface area contributed by atoms with Crippen LogP contribution in [0.25, 0.3) is 5.69 Å². The molecular formula is C29H34N2O5. The summed E-state index contributed by atoms with van der Waals surface area (Å²) in [5.41, 5.74) is 2.50. The molecule has 7 heteroatoms. The van der Waals surface area contributed by atoms with Crippen LogP contribution in [-0.4, -0.2) is 47.9 Å². The Labute approximate surface area is 212 Å². The molecule has 0 fully saturated rings. The maximum absolute atomic E-state index is 12.8. The highest BCUT2D eigenvalue weighted by Crippen LogP contribution is 2.27. The van der Waals surface area contributed by atoms with E-state index in [1.54, 1.807) is 30.3 Å². The molecule has 0 aliphatic carbocycles. The van der Waals surface area contributed by atoms with E-state index in [0.717, 1.165) is 16.8 Å². The van der Waals surface area contributed by atoms with Gasteiger partial charge in [0.05, 0.1) is 19.8 Å². The molecule has 1 aromatic heterocycles. The number of methoxy groups -OCH3 is 2. The summed E-state index contributed by atoms with van der Waals surface area (Å²) >= 11 is 0. The summed E-state index contributed by atoms with van der Waals surface area (Å²) in [7, 11) is 3.13. The lowest BCUT2D eigenvalue weighted by Crippen LogP contribution is -2.32. The van der Waals surface area contributed by atoms with Crippen molar-refractivity contribution in [3.05, 3.63) is 107 Å². The van der Waals surface area contributed by atoms with Crippen LogP contribution in [0.4, 0.5) is 0 Å². The lowest BCUT2D eigenvalue weighted by molar-refractivity contribution is -0.131. The van der Waals surface area contributed by atoms with Crippen molar-refractivity contribution < 1.29 is 19.4 Å². The molecule has 0 aliphatic rings. The third-order valence-corrected chi connectivity index (χ3v) is 6.03. The second-order valence-electron chi connectivity index (χ2n) is 8.52. The number of amides is 1. The van der Waals surface area contributed by atoms with Gasteiger partial charge in [0.2, 0.25) is 5.91 Å². The normalized spacial score (nSPS) is 12.9. The van der Waals surface area contributed by atoms with Gasteiger partial charge in [-0.1, -0.05) is 61.5 Å². The number of ether oxygens (including phenoxy) is 2. The van der Waals surface area contributed by atoms with Gasteiger partial charge in [0, 0.05) is 44.4 Å². The predicted molar refractivity (Wildman–Crippen MR) is 140 cm³/mol. The summed E-state index contributed by atoms with van der Waals surface area (Å²) in [5.74, 6) is 0.248. The third kappa shape index (κ3) is 6.93. The van der Waals surface area contributed by atoms with Crippen LogP contribution in [0.1, 0.15) is 30.6 Å². The first-order valence-electron chi connectivity index (χ1n) is 12.0. The second-order valence-corrected chi connectivity index (χ2v) is 8.52. The maximum Gasteiger partial charge on any atom is 0.297 e. The number of aromatic nitrogens is 1. The number of nitrogens with zero attached hydrogens (tertiary/aromatic N) is 2. The number of pyridine rings is 1. The molecular weight excluding hydrogens is 456 g/mol. The summed E-state index contributed by atoms with van der Waals surface area (Å²) in [6, 6.07) is 20.8. The van der Waals surface area contributed by atoms with Crippen LogP contribution >= 0.6 is 0 Å². The Balaban J connectivity index is 1.65. The van der Waals surface area contributed by atoms with E-state index in [9.17, 15) is 14.7 Å². The Kier molecular flexibility index (Phi) is 10.0. The van der Waals surface area contributed by atoms with Crippen LogP contribution < -0.4 is 10.3 Å². The van der Waals surface area contributed by atoms with Gasteiger partial charge < -0.3 is 19.5 Å². The summed E-state index contributed by atoms with van der Waals surface area (Å²) in [6.07, 6.45) is 5.56. The zero-order chi connectivity index (χ0) is 25.9. The van der Waals surface area contributed by atoms with Gasteiger partial charge in [0.15, 0.2) is 5.75 Å². The fourth-order valence-electron chi connectivity index (χ4n) is 4.14. The molecule has 0 unspecified atom stereocenters. The van der Waals surface area contributed by atoms with Crippen molar-refractivity contribution in [3.8, 4) is 11.4 Å². The Morgan fingerprint density at radius 3 is 2.42 bits per heavy atom. The number of hydrogen-bond acceptors (Lipinski definition) is 5. The van der Waals surface area contributed by atoms with Crippen LogP contribution in [0.3, 0.4) is 0 Å². The lowest BCUT2D eigenvalue weighted by Gasteiger charge is -2.22. The van der Waals surface area contributed by atoms with Crippen LogP contribution in [-0.2, 0) is 16.1 Å². The van der Waals surface area contributed by atoms with Gasteiger partial charge in [-0.15, -0.1) is 0 Å². The molecule has 0 saturated heterocycles. The first kappa shape index (κ1) is 26.9. The van der Waals surface area contributed by atoms with Gasteiger partial charge in [0.1, 0.15) is 0 Å². The molecule has 1 amide bonds. The number of benzene rings is 2. The molecule has 190 valence electrons. The van der Waals surface area contributed by atoms with Crippen molar-refractivity contribution in [3.63, 3.8) is 0 Å². The van der Waals surface area contributed by atoms with E-state index in [1.165, 1.54) is 11.7 Å². The lowest BCUT2D eigenvalue weighted by atomic mass is 9.96. The first-order chi connectivity index (χ1) is 17.5. The number of hydrogen-bond donors (Lipinski definition) is 1. The van der Waals surface area contributed by atoms with Crippen molar-refractivity contribution in [1.29, 1.82) is 0 Å². The molecule has 7 nitrogen and oxygen atoms in total. The van der Waals surface area contributed by atoms with Crippen molar-refractivity contribution in [1.82, 2.24) is 9.47 Å². The second kappa shape index (κ2) is 13.4. The minimum Gasteiger partial charge on any atom is -0.491 e. The zero-order valence-corrected chi connectivity index (χ0v) is 21.0. The first-order valence-corrected chi connectivity index (χ1v) is 12.0. The Bertz CT molecular complexity index is 1190. The number of carbonyl (C=O) groups is 1. The minimum absolute atomic E-state index is 0.00797. The molecule has 0 aliphatic heterocycles. The van der Waals surface area contributed by atoms with E-state index >= 15 is 0 Å². The van der Waals surface area contributed by atoms with Gasteiger partial charge in [0.25, 0.3) is 5.56 Å². The largest absolute Gasteiger partial charge is 0.491 e. The molecule has 0 spiro atoms. The van der Waals surface area contributed by atoms with Gasteiger partial charge in [-0.05, 0) is 35.4 Å². The molecule has 0 radical (unpaired) electrons. The number of aliphatic hydroxyl groups excluding tert-OH is 1. The van der Waals surface area contributed by atoms with E-state index in [-0.39, 0.29) is 42.3 Å². The molecule has 3 aromatic rings. The maximum atomic E-state index is 12.8. The molecule has 0 bridgehead atoms. The summed E-state index contributed by atoms with van der Waals surface area (Å²) in [5, 5.41) is 9.39. The highest BCUT2D eigenvalue weighted by molar-refractivity contribution is 5.77. The van der Waals surface area contributed by atoms with Crippen LogP contribution in [0.15, 0.2) is 89.9 Å². The highest BCUT2D eigenvalue weighted by Gasteiger charge is 2.18. The number of carbonyl (C=O) groups excluding carboxylic acids is 1. The fraction of sp³-hybridized carbons (Fsp3) is 0.310. The van der Waals surface area contributed by atoms with Gasteiger partial charge in [-0.3, -0.25) is 14.2 Å². The standard InChI is InChI=1S/C29H34N2O5/c1-22(9-7-13-27(33)30(19-20-32)21-23-10-5-4-6-11-23)28(36-3)24-14-16-25(17-15-24)31-18-8-12-26(35-2)29(31)34/h4-12,14-18,22,28,32H,13,19-21H2,1-3H3/b9-7+/t22-,28+/m1/s1. The van der Waals surface area contributed by atoms with Gasteiger partial charge in [-0.25, -0.2) is 0 Å². The average Bonchev–Trinajstić information content (AvgIpc) is 2.90. The smallest absolute Gasteiger partial charge is 0.297 e. The van der Waals surface area contributed by atoms with Crippen molar-refractivity contribution >= 4 is 5.91 Å². The quantitative estimate of drug-likeness (QED) is 0.386. The van der Waals surface area contributed by atoms with Gasteiger partial charge in [-0.2, -0.15) is 0 Å². The van der Waals surface area contributed by atoms with Crippen LogP contribution in [0.2, 0.25) is 0 Å². The van der Waals surface area contributed by atoms with E-state index in [0.29, 0.717) is 13.1 Å². The van der Waals surface area contributed by atoms with E-state index in [4.69, 9.17) is 9.47 Å². The topological polar surface area (TPSA) is 81.0 Å². The average molecular weight is 491 g/mol. The van der Waals surface area contributed by atoms with Crippen molar-refractivity contribution in [2.75, 3.05) is 27.4 Å². The van der Waals surface area contributed by atoms with E-state index < -0.39 is 0 Å². The molecule has 0 saturated carbocycles. The Morgan fingerprint density at radius 2 is 1.78 bits per heavy atom. The SMILES string of the molecule is COc1cccn(-c2ccc([C@@H](OC)[C@H](C)/C=C/CC(=O)N(CCO)Cc3ccccc3)cc2)c1=O. The van der Waals surface area contributed by atoms with E-state index in [2.05, 4.69) is 0 Å². The summed E-state index contributed by atoms with van der Waals surface area (Å²) in [4.78, 5) is 26.9. The summed E-state index contributed by atoms with van der Waals surface area (Å²) in [6.45, 7) is 2.71. The fourth-order valence-corrected chi connectivity index (χ4v) is 4.14. The van der Waals surface area contributed by atoms with E-state index in [1.807, 2.05) is 73.7 Å². The van der Waals surface area contributed by atoms with Gasteiger partial charge >= 0.3 is 0 Å². The minimum atomic E-state index is -0.223. The van der Waals surface area contributed by atoms with Crippen molar-refractivity contribution in [2.45, 2.75) is 26.0 Å². The predicted octanol–water partition coefficient (Wildman–Crippen LogP) is 4.14. The van der Waals surface area contributed by atoms with Crippen LogP contribution in [0.5, 0.6) is 5.75 Å².